The predicted molar refractivity (Wildman–Crippen MR) is 51.6 cm³/mol. The van der Waals surface area contributed by atoms with E-state index in [0.717, 1.165) is 18.8 Å². The fourth-order valence-corrected chi connectivity index (χ4v) is 4.44. The zero-order valence-electron chi connectivity index (χ0n) is 8.28. The van der Waals surface area contributed by atoms with E-state index in [1.54, 1.807) is 0 Å². The molecule has 3 rings (SSSR count). The van der Waals surface area contributed by atoms with E-state index in [4.69, 9.17) is 5.73 Å². The van der Waals surface area contributed by atoms with Gasteiger partial charge in [-0.1, -0.05) is 6.42 Å². The van der Waals surface area contributed by atoms with Gasteiger partial charge in [0.15, 0.2) is 0 Å². The van der Waals surface area contributed by atoms with Crippen molar-refractivity contribution >= 4 is 5.97 Å². The number of carboxylic acids is 1. The first-order chi connectivity index (χ1) is 6.63. The van der Waals surface area contributed by atoms with Crippen LogP contribution in [0.15, 0.2) is 0 Å². The summed E-state index contributed by atoms with van der Waals surface area (Å²) in [7, 11) is 0. The molecule has 0 heterocycles. The monoisotopic (exact) mass is 195 g/mol. The molecular formula is C11H17NO2. The van der Waals surface area contributed by atoms with Gasteiger partial charge in [-0.2, -0.15) is 0 Å². The predicted octanol–water partition coefficient (Wildman–Crippen LogP) is 1.22. The van der Waals surface area contributed by atoms with Crippen molar-refractivity contribution < 1.29 is 9.90 Å². The van der Waals surface area contributed by atoms with Gasteiger partial charge in [0, 0.05) is 0 Å². The van der Waals surface area contributed by atoms with Crippen LogP contribution in [0.4, 0.5) is 0 Å². The van der Waals surface area contributed by atoms with E-state index in [0.29, 0.717) is 11.8 Å². The van der Waals surface area contributed by atoms with E-state index < -0.39 is 11.5 Å². The molecular weight excluding hydrogens is 178 g/mol. The van der Waals surface area contributed by atoms with E-state index in [1.165, 1.54) is 19.3 Å². The molecule has 3 heteroatoms. The lowest BCUT2D eigenvalue weighted by atomic mass is 9.71. The fraction of sp³-hybridized carbons (Fsp3) is 0.909. The van der Waals surface area contributed by atoms with Crippen molar-refractivity contribution in [2.75, 3.05) is 0 Å². The first kappa shape index (κ1) is 8.72. The summed E-state index contributed by atoms with van der Waals surface area (Å²) in [4.78, 5) is 11.2. The molecule has 0 aromatic carbocycles. The molecule has 3 fully saturated rings. The Morgan fingerprint density at radius 2 is 2.07 bits per heavy atom. The van der Waals surface area contributed by atoms with Crippen LogP contribution in [0.5, 0.6) is 0 Å². The minimum absolute atomic E-state index is 0.275. The van der Waals surface area contributed by atoms with Crippen molar-refractivity contribution in [3.8, 4) is 0 Å². The van der Waals surface area contributed by atoms with Crippen LogP contribution in [0.1, 0.15) is 32.1 Å². The second kappa shape index (κ2) is 2.51. The van der Waals surface area contributed by atoms with Gasteiger partial charge in [-0.25, -0.2) is 0 Å². The first-order valence-electron chi connectivity index (χ1n) is 5.65. The summed E-state index contributed by atoms with van der Waals surface area (Å²) in [5, 5.41) is 9.19. The molecule has 0 aromatic rings. The van der Waals surface area contributed by atoms with Gasteiger partial charge in [0.25, 0.3) is 0 Å². The largest absolute Gasteiger partial charge is 0.480 e. The zero-order valence-corrected chi connectivity index (χ0v) is 8.28. The minimum atomic E-state index is -0.879. The van der Waals surface area contributed by atoms with Gasteiger partial charge in [0.05, 0.1) is 0 Å². The lowest BCUT2D eigenvalue weighted by Gasteiger charge is -2.36. The van der Waals surface area contributed by atoms with Gasteiger partial charge in [-0.15, -0.1) is 0 Å². The molecule has 0 amide bonds. The van der Waals surface area contributed by atoms with Crippen LogP contribution in [0.25, 0.3) is 0 Å². The van der Waals surface area contributed by atoms with Gasteiger partial charge < -0.3 is 10.8 Å². The lowest BCUT2D eigenvalue weighted by molar-refractivity contribution is -0.146. The van der Waals surface area contributed by atoms with Crippen LogP contribution in [0.3, 0.4) is 0 Å². The summed E-state index contributed by atoms with van der Waals surface area (Å²) >= 11 is 0. The molecule has 3 saturated carbocycles. The summed E-state index contributed by atoms with van der Waals surface area (Å²) in [5.41, 5.74) is 5.16. The van der Waals surface area contributed by atoms with Crippen LogP contribution in [-0.4, -0.2) is 16.6 Å². The van der Waals surface area contributed by atoms with Crippen LogP contribution >= 0.6 is 0 Å². The topological polar surface area (TPSA) is 63.3 Å². The summed E-state index contributed by atoms with van der Waals surface area (Å²) in [5.74, 6) is 1.58. The third-order valence-corrected chi connectivity index (χ3v) is 4.96. The zero-order chi connectivity index (χ0) is 9.92. The maximum absolute atomic E-state index is 11.2. The number of aliphatic carboxylic acids is 1. The highest BCUT2D eigenvalue weighted by Crippen LogP contribution is 2.61. The minimum Gasteiger partial charge on any atom is -0.480 e. The van der Waals surface area contributed by atoms with E-state index in [1.807, 2.05) is 0 Å². The summed E-state index contributed by atoms with van der Waals surface area (Å²) < 4.78 is 0. The second-order valence-corrected chi connectivity index (χ2v) is 5.41. The van der Waals surface area contributed by atoms with Crippen molar-refractivity contribution in [1.29, 1.82) is 0 Å². The van der Waals surface area contributed by atoms with Crippen molar-refractivity contribution in [3.05, 3.63) is 0 Å². The normalized spacial score (nSPS) is 54.9. The Labute approximate surface area is 83.7 Å². The molecule has 2 bridgehead atoms. The summed E-state index contributed by atoms with van der Waals surface area (Å²) in [6, 6.07) is 0. The molecule has 0 unspecified atom stereocenters. The quantitative estimate of drug-likeness (QED) is 0.661. The van der Waals surface area contributed by atoms with Crippen LogP contribution in [-0.2, 0) is 4.79 Å². The van der Waals surface area contributed by atoms with Crippen molar-refractivity contribution in [1.82, 2.24) is 0 Å². The number of hydrogen-bond donors (Lipinski definition) is 2. The van der Waals surface area contributed by atoms with Crippen molar-refractivity contribution in [2.24, 2.45) is 29.4 Å². The lowest BCUT2D eigenvalue weighted by Crippen LogP contribution is -2.55. The molecule has 3 aliphatic rings. The Morgan fingerprint density at radius 1 is 1.36 bits per heavy atom. The van der Waals surface area contributed by atoms with Crippen LogP contribution < -0.4 is 5.73 Å². The average molecular weight is 195 g/mol. The van der Waals surface area contributed by atoms with E-state index in [2.05, 4.69) is 0 Å². The molecule has 0 aliphatic heterocycles. The summed E-state index contributed by atoms with van der Waals surface area (Å²) in [6.07, 6.45) is 5.64. The molecule has 3 nitrogen and oxygen atoms in total. The van der Waals surface area contributed by atoms with Crippen LogP contribution in [0.2, 0.25) is 0 Å². The highest BCUT2D eigenvalue weighted by Gasteiger charge is 2.62. The number of fused-ring (bicyclic) bond motifs is 5. The number of carbonyl (C=O) groups is 1. The van der Waals surface area contributed by atoms with Gasteiger partial charge in [-0.3, -0.25) is 4.79 Å². The third kappa shape index (κ3) is 0.842. The maximum atomic E-state index is 11.2. The average Bonchev–Trinajstić information content (AvgIpc) is 2.71. The summed E-state index contributed by atoms with van der Waals surface area (Å²) in [6.45, 7) is 0. The molecule has 5 atom stereocenters. The number of nitrogens with two attached hydrogens (primary N) is 1. The Morgan fingerprint density at radius 3 is 2.79 bits per heavy atom. The standard InChI is InChI=1S/C11H17NO2/c12-11(10(13)14)5-6-4-9(11)8-3-1-2-7(6)8/h6-9H,1-5,12H2,(H,13,14)/t6-,7-,8+,9-,11-/m1/s1. The van der Waals surface area contributed by atoms with Crippen molar-refractivity contribution in [3.63, 3.8) is 0 Å². The maximum Gasteiger partial charge on any atom is 0.323 e. The van der Waals surface area contributed by atoms with E-state index in [-0.39, 0.29) is 5.92 Å². The van der Waals surface area contributed by atoms with Gasteiger partial charge in [0.2, 0.25) is 0 Å². The van der Waals surface area contributed by atoms with E-state index in [9.17, 15) is 9.90 Å². The van der Waals surface area contributed by atoms with E-state index >= 15 is 0 Å². The first-order valence-corrected chi connectivity index (χ1v) is 5.65. The molecule has 78 valence electrons. The Hall–Kier alpha value is -0.570. The number of carboxylic acid groups (broad SMARTS) is 1. The fourth-order valence-electron chi connectivity index (χ4n) is 4.44. The third-order valence-electron chi connectivity index (χ3n) is 4.96. The number of rotatable bonds is 1. The molecule has 14 heavy (non-hydrogen) atoms. The van der Waals surface area contributed by atoms with Gasteiger partial charge >= 0.3 is 5.97 Å². The Kier molecular flexibility index (Phi) is 1.56. The highest BCUT2D eigenvalue weighted by molar-refractivity contribution is 5.80. The molecule has 3 aliphatic carbocycles. The molecule has 0 radical (unpaired) electrons. The van der Waals surface area contributed by atoms with Gasteiger partial charge in [-0.05, 0) is 49.4 Å². The van der Waals surface area contributed by atoms with Crippen molar-refractivity contribution in [2.45, 2.75) is 37.6 Å². The highest BCUT2D eigenvalue weighted by atomic mass is 16.4. The SMILES string of the molecule is N[C@]1(C(=O)O)C[C@H]2C[C@@H]1[C@H]1CCC[C@H]21. The van der Waals surface area contributed by atoms with Crippen LogP contribution in [0, 0.1) is 23.7 Å². The molecule has 0 aromatic heterocycles. The number of hydrogen-bond acceptors (Lipinski definition) is 2. The smallest absolute Gasteiger partial charge is 0.323 e. The molecule has 3 N–H and O–H groups in total. The Balaban J connectivity index is 1.93. The Bertz CT molecular complexity index is 291. The molecule has 0 saturated heterocycles. The van der Waals surface area contributed by atoms with Gasteiger partial charge in [0.1, 0.15) is 5.54 Å². The second-order valence-electron chi connectivity index (χ2n) is 5.41. The molecule has 0 spiro atoms.